The molecule has 0 fully saturated rings. The van der Waals surface area contributed by atoms with Crippen LogP contribution in [0.15, 0.2) is 23.2 Å². The van der Waals surface area contributed by atoms with E-state index in [0.717, 1.165) is 0 Å². The number of hydrogen-bond donors (Lipinski definition) is 0. The summed E-state index contributed by atoms with van der Waals surface area (Å²) in [5.41, 5.74) is 0. The van der Waals surface area contributed by atoms with Crippen LogP contribution in [0.2, 0.25) is 0 Å². The van der Waals surface area contributed by atoms with E-state index in [4.69, 9.17) is 0 Å². The molecular formula is C5H7CrO2-. The molecule has 0 rings (SSSR count). The molecule has 0 aromatic carbocycles. The van der Waals surface area contributed by atoms with Crippen molar-refractivity contribution < 1.29 is 22.4 Å². The standard InChI is InChI=1S/C5H7.Cr.2O/c1-3-5-4-2;;;/h1,3-5H,2H3;;;/q;;;-1/b3-1?,5-4+;;;. The summed E-state index contributed by atoms with van der Waals surface area (Å²) < 4.78 is 19.7. The van der Waals surface area contributed by atoms with E-state index >= 15 is 0 Å². The van der Waals surface area contributed by atoms with Crippen molar-refractivity contribution in [2.75, 3.05) is 0 Å². The Hall–Kier alpha value is -0.228. The number of allylic oxidation sites excluding steroid dienone is 3. The maximum absolute atomic E-state index is 9.85. The molecule has 0 aliphatic rings. The van der Waals surface area contributed by atoms with Crippen LogP contribution in [0, 0.1) is 0 Å². The second kappa shape index (κ2) is 4.92. The Bertz CT molecular complexity index is 126. The van der Waals surface area contributed by atoms with Crippen molar-refractivity contribution in [1.82, 2.24) is 0 Å². The van der Waals surface area contributed by atoms with Crippen LogP contribution in [0.1, 0.15) is 6.92 Å². The molecule has 0 saturated carbocycles. The molecule has 0 heterocycles. The zero-order valence-corrected chi connectivity index (χ0v) is 5.81. The molecule has 0 aromatic heterocycles. The van der Waals surface area contributed by atoms with E-state index in [1.165, 1.54) is 11.0 Å². The third-order valence-electron chi connectivity index (χ3n) is 0.493. The Balaban J connectivity index is 3.50. The molecule has 8 heavy (non-hydrogen) atoms. The van der Waals surface area contributed by atoms with Crippen LogP contribution in [0.25, 0.3) is 0 Å². The first-order chi connectivity index (χ1) is 3.77. The van der Waals surface area contributed by atoms with Crippen molar-refractivity contribution in [3.05, 3.63) is 23.2 Å². The normalized spacial score (nSPS) is 12.4. The predicted molar refractivity (Wildman–Crippen MR) is 24.6 cm³/mol. The van der Waals surface area contributed by atoms with E-state index < -0.39 is 14.4 Å². The van der Waals surface area contributed by atoms with Gasteiger partial charge in [0.1, 0.15) is 0 Å². The molecule has 0 unspecified atom stereocenters. The third-order valence-corrected chi connectivity index (χ3v) is 1.09. The maximum atomic E-state index is 9.85. The molecule has 2 nitrogen and oxygen atoms in total. The van der Waals surface area contributed by atoms with Gasteiger partial charge >= 0.3 is 52.5 Å². The number of hydrogen-bond acceptors (Lipinski definition) is 2. The summed E-state index contributed by atoms with van der Waals surface area (Å²) >= 11 is -2.82. The van der Waals surface area contributed by atoms with Crippen molar-refractivity contribution in [3.63, 3.8) is 0 Å². The van der Waals surface area contributed by atoms with Gasteiger partial charge in [-0.05, 0) is 0 Å². The van der Waals surface area contributed by atoms with E-state index in [1.807, 2.05) is 6.92 Å². The van der Waals surface area contributed by atoms with E-state index in [2.05, 4.69) is 0 Å². The predicted octanol–water partition coefficient (Wildman–Crippen LogP) is 0.315. The van der Waals surface area contributed by atoms with Gasteiger partial charge in [0.2, 0.25) is 0 Å². The molecule has 0 radical (unpaired) electrons. The SMILES string of the molecule is C/C=C/C=[CH]/[Cr](=[O])[O-]. The molecule has 0 atom stereocenters. The monoisotopic (exact) mass is 151 g/mol. The average Bonchev–Trinajstić information content (AvgIpc) is 1.66. The second-order valence-electron chi connectivity index (χ2n) is 1.11. The number of rotatable bonds is 2. The molecule has 0 aliphatic heterocycles. The van der Waals surface area contributed by atoms with Crippen molar-refractivity contribution >= 4 is 0 Å². The first-order valence-corrected chi connectivity index (χ1v) is 3.92. The van der Waals surface area contributed by atoms with E-state index in [-0.39, 0.29) is 0 Å². The fourth-order valence-electron chi connectivity index (χ4n) is 0.221. The van der Waals surface area contributed by atoms with Gasteiger partial charge in [0.05, 0.1) is 0 Å². The van der Waals surface area contributed by atoms with Crippen LogP contribution in [-0.4, -0.2) is 0 Å². The third kappa shape index (κ3) is 5.77. The van der Waals surface area contributed by atoms with Crippen LogP contribution in [0.4, 0.5) is 0 Å². The topological polar surface area (TPSA) is 40.1 Å². The summed E-state index contributed by atoms with van der Waals surface area (Å²) in [6.07, 6.45) is 4.95. The Morgan fingerprint density at radius 2 is 2.12 bits per heavy atom. The van der Waals surface area contributed by atoms with Gasteiger partial charge in [-0.2, -0.15) is 0 Å². The van der Waals surface area contributed by atoms with Crippen LogP contribution in [-0.2, 0) is 18.2 Å². The van der Waals surface area contributed by atoms with Gasteiger partial charge in [0.25, 0.3) is 0 Å². The quantitative estimate of drug-likeness (QED) is 0.533. The summed E-state index contributed by atoms with van der Waals surface area (Å²) in [5.74, 6) is 0. The Morgan fingerprint density at radius 3 is 2.50 bits per heavy atom. The average molecular weight is 151 g/mol. The molecule has 46 valence electrons. The fourth-order valence-corrected chi connectivity index (χ4v) is 0.563. The summed E-state index contributed by atoms with van der Waals surface area (Å²) in [4.78, 5) is 1.18. The first-order valence-electron chi connectivity index (χ1n) is 2.15. The van der Waals surface area contributed by atoms with Crippen LogP contribution >= 0.6 is 0 Å². The van der Waals surface area contributed by atoms with Gasteiger partial charge in [-0.15, -0.1) is 0 Å². The zero-order chi connectivity index (χ0) is 6.41. The molecule has 0 aromatic rings. The Morgan fingerprint density at radius 1 is 1.50 bits per heavy atom. The molecular weight excluding hydrogens is 144 g/mol. The van der Waals surface area contributed by atoms with E-state index in [9.17, 15) is 7.96 Å². The van der Waals surface area contributed by atoms with Gasteiger partial charge in [0.15, 0.2) is 0 Å². The Kier molecular flexibility index (Phi) is 4.78. The van der Waals surface area contributed by atoms with Gasteiger partial charge in [-0.3, -0.25) is 0 Å². The van der Waals surface area contributed by atoms with Crippen molar-refractivity contribution in [2.24, 2.45) is 0 Å². The molecule has 0 saturated heterocycles. The van der Waals surface area contributed by atoms with Crippen molar-refractivity contribution in [2.45, 2.75) is 6.92 Å². The van der Waals surface area contributed by atoms with E-state index in [0.29, 0.717) is 0 Å². The van der Waals surface area contributed by atoms with Crippen LogP contribution in [0.5, 0.6) is 0 Å². The van der Waals surface area contributed by atoms with Crippen LogP contribution < -0.4 is 4.16 Å². The van der Waals surface area contributed by atoms with Gasteiger partial charge in [-0.25, -0.2) is 0 Å². The van der Waals surface area contributed by atoms with Crippen molar-refractivity contribution in [3.8, 4) is 0 Å². The zero-order valence-electron chi connectivity index (χ0n) is 4.53. The minimum absolute atomic E-state index is 1.18. The van der Waals surface area contributed by atoms with Crippen molar-refractivity contribution in [1.29, 1.82) is 0 Å². The van der Waals surface area contributed by atoms with Crippen LogP contribution in [0.3, 0.4) is 0 Å². The summed E-state index contributed by atoms with van der Waals surface area (Å²) in [7, 11) is 0. The second-order valence-corrected chi connectivity index (χ2v) is 2.35. The van der Waals surface area contributed by atoms with Gasteiger partial charge in [-0.1, -0.05) is 0 Å². The van der Waals surface area contributed by atoms with Gasteiger partial charge < -0.3 is 0 Å². The van der Waals surface area contributed by atoms with E-state index in [1.54, 1.807) is 12.2 Å². The van der Waals surface area contributed by atoms with Gasteiger partial charge in [0, 0.05) is 0 Å². The fraction of sp³-hybridized carbons (Fsp3) is 0.200. The summed E-state index contributed by atoms with van der Waals surface area (Å²) in [6, 6.07) is 0. The molecule has 0 amide bonds. The minimum atomic E-state index is -2.82. The Labute approximate surface area is 53.1 Å². The molecule has 3 heteroatoms. The molecule has 0 N–H and O–H groups in total. The molecule has 0 spiro atoms. The molecule has 0 bridgehead atoms. The first kappa shape index (κ1) is 7.77. The summed E-state index contributed by atoms with van der Waals surface area (Å²) in [6.45, 7) is 1.83. The molecule has 0 aliphatic carbocycles. The summed E-state index contributed by atoms with van der Waals surface area (Å²) in [5, 5.41) is 0.